The molecule has 3 rings (SSSR count). The lowest BCUT2D eigenvalue weighted by Gasteiger charge is -2.04. The third kappa shape index (κ3) is 2.55. The topological polar surface area (TPSA) is 122 Å². The van der Waals surface area contributed by atoms with Crippen molar-refractivity contribution in [1.82, 2.24) is 19.8 Å². The molecule has 0 aliphatic rings. The molecule has 0 fully saturated rings. The van der Waals surface area contributed by atoms with Gasteiger partial charge in [0, 0.05) is 5.56 Å². The minimum absolute atomic E-state index is 0.00711. The Bertz CT molecular complexity index is 876. The highest BCUT2D eigenvalue weighted by molar-refractivity contribution is 5.78. The minimum Gasteiger partial charge on any atom is -0.368 e. The van der Waals surface area contributed by atoms with Crippen molar-refractivity contribution in [2.45, 2.75) is 0 Å². The van der Waals surface area contributed by atoms with Gasteiger partial charge in [-0.15, -0.1) is 15.3 Å². The van der Waals surface area contributed by atoms with Crippen LogP contribution in [0.25, 0.3) is 17.0 Å². The molecular formula is C14H11N7O. The number of nitrogens with zero attached hydrogens (tertiary/aromatic N) is 5. The highest BCUT2D eigenvalue weighted by atomic mass is 16.1. The number of fused-ring (bicyclic) bond motifs is 1. The molecule has 2 aromatic heterocycles. The molecule has 0 spiro atoms. The van der Waals surface area contributed by atoms with Gasteiger partial charge in [0.25, 0.3) is 0 Å². The Kier molecular flexibility index (Phi) is 3.37. The normalized spacial score (nSPS) is 10.3. The van der Waals surface area contributed by atoms with Crippen LogP contribution in [0.3, 0.4) is 0 Å². The molecule has 22 heavy (non-hydrogen) atoms. The summed E-state index contributed by atoms with van der Waals surface area (Å²) in [7, 11) is 0. The van der Waals surface area contributed by atoms with Crippen LogP contribution in [0, 0.1) is 11.3 Å². The molecule has 0 atom stereocenters. The quantitative estimate of drug-likeness (QED) is 0.724. The summed E-state index contributed by atoms with van der Waals surface area (Å²) in [6.07, 6.45) is 0. The standard InChI is InChI=1S/C14H11N7O/c15-7-9-1-3-10(4-2-9)14-19-18-13-6-5-12(20-21(13)14)17-8-11(16)22/h1-6H,8H2,(H2,16,22)(H,17,20). The summed E-state index contributed by atoms with van der Waals surface area (Å²) in [6, 6.07) is 12.4. The van der Waals surface area contributed by atoms with Gasteiger partial charge < -0.3 is 11.1 Å². The molecule has 8 nitrogen and oxygen atoms in total. The van der Waals surface area contributed by atoms with Crippen LogP contribution >= 0.6 is 0 Å². The molecule has 0 saturated heterocycles. The summed E-state index contributed by atoms with van der Waals surface area (Å²) < 4.78 is 1.56. The van der Waals surface area contributed by atoms with Crippen LogP contribution in [-0.4, -0.2) is 32.3 Å². The predicted octanol–water partition coefficient (Wildman–Crippen LogP) is 0.560. The first-order valence-corrected chi connectivity index (χ1v) is 6.42. The van der Waals surface area contributed by atoms with Crippen molar-refractivity contribution in [3.63, 3.8) is 0 Å². The predicted molar refractivity (Wildman–Crippen MR) is 78.6 cm³/mol. The monoisotopic (exact) mass is 293 g/mol. The summed E-state index contributed by atoms with van der Waals surface area (Å²) in [5.41, 5.74) is 7.01. The van der Waals surface area contributed by atoms with Gasteiger partial charge in [-0.3, -0.25) is 4.79 Å². The Morgan fingerprint density at radius 2 is 2.00 bits per heavy atom. The second-order valence-corrected chi connectivity index (χ2v) is 4.52. The maximum Gasteiger partial charge on any atom is 0.236 e. The van der Waals surface area contributed by atoms with Gasteiger partial charge in [-0.05, 0) is 36.4 Å². The number of rotatable bonds is 4. The van der Waals surface area contributed by atoms with Crippen molar-refractivity contribution >= 4 is 17.4 Å². The van der Waals surface area contributed by atoms with Crippen molar-refractivity contribution in [2.75, 3.05) is 11.9 Å². The lowest BCUT2D eigenvalue weighted by atomic mass is 10.1. The summed E-state index contributed by atoms with van der Waals surface area (Å²) in [5.74, 6) is 0.557. The summed E-state index contributed by atoms with van der Waals surface area (Å²) >= 11 is 0. The maximum atomic E-state index is 10.8. The first-order valence-electron chi connectivity index (χ1n) is 6.42. The Balaban J connectivity index is 2.00. The van der Waals surface area contributed by atoms with Gasteiger partial charge in [0.15, 0.2) is 11.5 Å². The van der Waals surface area contributed by atoms with Crippen LogP contribution in [0.5, 0.6) is 0 Å². The van der Waals surface area contributed by atoms with Crippen molar-refractivity contribution in [1.29, 1.82) is 5.26 Å². The number of nitriles is 1. The molecule has 108 valence electrons. The van der Waals surface area contributed by atoms with Crippen molar-refractivity contribution in [2.24, 2.45) is 5.73 Å². The third-order valence-corrected chi connectivity index (χ3v) is 2.98. The Morgan fingerprint density at radius 3 is 2.68 bits per heavy atom. The fraction of sp³-hybridized carbons (Fsp3) is 0.0714. The lowest BCUT2D eigenvalue weighted by molar-refractivity contribution is -0.116. The van der Waals surface area contributed by atoms with Gasteiger partial charge in [0.1, 0.15) is 5.82 Å². The van der Waals surface area contributed by atoms with Gasteiger partial charge in [-0.1, -0.05) is 0 Å². The number of nitrogens with one attached hydrogen (secondary N) is 1. The molecule has 1 amide bonds. The number of nitrogens with two attached hydrogens (primary N) is 1. The van der Waals surface area contributed by atoms with Gasteiger partial charge >= 0.3 is 0 Å². The maximum absolute atomic E-state index is 10.8. The SMILES string of the molecule is N#Cc1ccc(-c2nnc3ccc(NCC(N)=O)nn23)cc1. The van der Waals surface area contributed by atoms with E-state index in [0.29, 0.717) is 22.9 Å². The zero-order valence-electron chi connectivity index (χ0n) is 11.4. The van der Waals surface area contributed by atoms with Crippen LogP contribution in [-0.2, 0) is 4.79 Å². The van der Waals surface area contributed by atoms with Crippen LogP contribution in [0.4, 0.5) is 5.82 Å². The van der Waals surface area contributed by atoms with Crippen LogP contribution in [0.2, 0.25) is 0 Å². The molecule has 1 aromatic carbocycles. The Hall–Kier alpha value is -3.47. The number of benzene rings is 1. The van der Waals surface area contributed by atoms with E-state index in [2.05, 4.69) is 26.7 Å². The summed E-state index contributed by atoms with van der Waals surface area (Å²) in [5, 5.41) is 24.1. The van der Waals surface area contributed by atoms with Crippen molar-refractivity contribution in [3.05, 3.63) is 42.0 Å². The third-order valence-electron chi connectivity index (χ3n) is 2.98. The number of aromatic nitrogens is 4. The molecule has 0 radical (unpaired) electrons. The second kappa shape index (κ2) is 5.49. The van der Waals surface area contributed by atoms with E-state index in [1.807, 2.05) is 0 Å². The Labute approximate surface area is 125 Å². The molecule has 0 bridgehead atoms. The van der Waals surface area contributed by atoms with Crippen LogP contribution < -0.4 is 11.1 Å². The number of hydrogen-bond donors (Lipinski definition) is 2. The number of carbonyl (C=O) groups excluding carboxylic acids is 1. The molecule has 3 aromatic rings. The van der Waals surface area contributed by atoms with Crippen LogP contribution in [0.1, 0.15) is 5.56 Å². The summed E-state index contributed by atoms with van der Waals surface area (Å²) in [6.45, 7) is -0.00711. The van der Waals surface area contributed by atoms with E-state index >= 15 is 0 Å². The zero-order valence-corrected chi connectivity index (χ0v) is 11.4. The van der Waals surface area contributed by atoms with E-state index in [-0.39, 0.29) is 6.54 Å². The fourth-order valence-corrected chi connectivity index (χ4v) is 1.93. The Morgan fingerprint density at radius 1 is 1.23 bits per heavy atom. The number of primary amides is 1. The van der Waals surface area contributed by atoms with Gasteiger partial charge in [-0.25, -0.2) is 0 Å². The molecule has 0 aliphatic heterocycles. The molecule has 3 N–H and O–H groups in total. The molecule has 2 heterocycles. The van der Waals surface area contributed by atoms with Crippen LogP contribution in [0.15, 0.2) is 36.4 Å². The van der Waals surface area contributed by atoms with E-state index < -0.39 is 5.91 Å². The molecule has 0 aliphatic carbocycles. The van der Waals surface area contributed by atoms with Gasteiger partial charge in [-0.2, -0.15) is 9.78 Å². The molecular weight excluding hydrogens is 282 g/mol. The lowest BCUT2D eigenvalue weighted by Crippen LogP contribution is -2.22. The average molecular weight is 293 g/mol. The molecule has 0 saturated carbocycles. The van der Waals surface area contributed by atoms with E-state index in [9.17, 15) is 4.79 Å². The number of carbonyl (C=O) groups is 1. The highest BCUT2D eigenvalue weighted by Crippen LogP contribution is 2.18. The van der Waals surface area contributed by atoms with Crippen molar-refractivity contribution < 1.29 is 4.79 Å². The summed E-state index contributed by atoms with van der Waals surface area (Å²) in [4.78, 5) is 10.8. The zero-order chi connectivity index (χ0) is 15.5. The van der Waals surface area contributed by atoms with Crippen molar-refractivity contribution in [3.8, 4) is 17.5 Å². The first kappa shape index (κ1) is 13.5. The van der Waals surface area contributed by atoms with E-state index in [1.165, 1.54) is 0 Å². The first-order chi connectivity index (χ1) is 10.7. The van der Waals surface area contributed by atoms with E-state index in [4.69, 9.17) is 11.0 Å². The fourth-order valence-electron chi connectivity index (χ4n) is 1.93. The smallest absolute Gasteiger partial charge is 0.236 e. The number of hydrogen-bond acceptors (Lipinski definition) is 6. The number of anilines is 1. The highest BCUT2D eigenvalue weighted by Gasteiger charge is 2.10. The average Bonchev–Trinajstić information content (AvgIpc) is 2.96. The van der Waals surface area contributed by atoms with Gasteiger partial charge in [0.05, 0.1) is 18.2 Å². The second-order valence-electron chi connectivity index (χ2n) is 4.52. The minimum atomic E-state index is -0.474. The van der Waals surface area contributed by atoms with E-state index in [1.54, 1.807) is 40.9 Å². The molecule has 8 heteroatoms. The van der Waals surface area contributed by atoms with Gasteiger partial charge in [0.2, 0.25) is 5.91 Å². The largest absolute Gasteiger partial charge is 0.368 e. The number of amides is 1. The van der Waals surface area contributed by atoms with E-state index in [0.717, 1.165) is 5.56 Å². The molecule has 0 unspecified atom stereocenters.